The number of nitrogens with one attached hydrogen (secondary N) is 1. The minimum atomic E-state index is -0.408. The second-order valence-corrected chi connectivity index (χ2v) is 4.65. The molecule has 0 saturated heterocycles. The van der Waals surface area contributed by atoms with Crippen LogP contribution in [0, 0.1) is 5.82 Å². The standard InChI is InChI=1S/C14H22FN3O2/c15-13-8-11(7-12(9-13)14(16)18-20)10-17-5-3-1-2-4-6-19/h7-9,17,19-20H,1-6,10H2,(H2,16,18). The summed E-state index contributed by atoms with van der Waals surface area (Å²) in [5.41, 5.74) is 6.57. The molecule has 0 saturated carbocycles. The fraction of sp³-hybridized carbons (Fsp3) is 0.500. The quantitative estimate of drug-likeness (QED) is 0.182. The maximum Gasteiger partial charge on any atom is 0.170 e. The van der Waals surface area contributed by atoms with E-state index in [9.17, 15) is 4.39 Å². The summed E-state index contributed by atoms with van der Waals surface area (Å²) in [5, 5.41) is 23.3. The molecule has 5 N–H and O–H groups in total. The van der Waals surface area contributed by atoms with Crippen molar-refractivity contribution in [3.05, 3.63) is 35.1 Å². The van der Waals surface area contributed by atoms with Gasteiger partial charge in [0.15, 0.2) is 5.84 Å². The Morgan fingerprint density at radius 1 is 1.20 bits per heavy atom. The van der Waals surface area contributed by atoms with Crippen LogP contribution < -0.4 is 11.1 Å². The summed E-state index contributed by atoms with van der Waals surface area (Å²) in [6, 6.07) is 4.34. The van der Waals surface area contributed by atoms with E-state index < -0.39 is 5.82 Å². The summed E-state index contributed by atoms with van der Waals surface area (Å²) in [6.07, 6.45) is 3.94. The Labute approximate surface area is 118 Å². The Kier molecular flexibility index (Phi) is 7.60. The van der Waals surface area contributed by atoms with E-state index in [-0.39, 0.29) is 12.4 Å². The highest BCUT2D eigenvalue weighted by molar-refractivity contribution is 5.97. The van der Waals surface area contributed by atoms with Crippen molar-refractivity contribution in [2.75, 3.05) is 13.2 Å². The molecule has 0 unspecified atom stereocenters. The molecule has 112 valence electrons. The number of amidine groups is 1. The number of nitrogens with two attached hydrogens (primary N) is 1. The highest BCUT2D eigenvalue weighted by Crippen LogP contribution is 2.09. The molecule has 5 nitrogen and oxygen atoms in total. The molecular weight excluding hydrogens is 261 g/mol. The minimum Gasteiger partial charge on any atom is -0.409 e. The average molecular weight is 283 g/mol. The number of hydrogen-bond acceptors (Lipinski definition) is 4. The highest BCUT2D eigenvalue weighted by atomic mass is 19.1. The molecule has 20 heavy (non-hydrogen) atoms. The van der Waals surface area contributed by atoms with E-state index in [0.717, 1.165) is 37.8 Å². The molecule has 1 aromatic carbocycles. The molecule has 1 rings (SSSR count). The topological polar surface area (TPSA) is 90.9 Å². The molecule has 0 aromatic heterocycles. The van der Waals surface area contributed by atoms with Gasteiger partial charge in [0.05, 0.1) is 0 Å². The zero-order valence-corrected chi connectivity index (χ0v) is 11.5. The molecule has 0 aliphatic heterocycles. The third-order valence-electron chi connectivity index (χ3n) is 2.95. The zero-order chi connectivity index (χ0) is 14.8. The summed E-state index contributed by atoms with van der Waals surface area (Å²) in [6.45, 7) is 1.61. The maximum absolute atomic E-state index is 13.4. The van der Waals surface area contributed by atoms with Crippen molar-refractivity contribution in [3.8, 4) is 0 Å². The van der Waals surface area contributed by atoms with Gasteiger partial charge < -0.3 is 21.4 Å². The van der Waals surface area contributed by atoms with Gasteiger partial charge in [-0.2, -0.15) is 0 Å². The summed E-state index contributed by atoms with van der Waals surface area (Å²) in [7, 11) is 0. The van der Waals surface area contributed by atoms with E-state index in [1.54, 1.807) is 6.07 Å². The van der Waals surface area contributed by atoms with Gasteiger partial charge in [-0.05, 0) is 43.1 Å². The van der Waals surface area contributed by atoms with Crippen molar-refractivity contribution >= 4 is 5.84 Å². The molecule has 0 atom stereocenters. The van der Waals surface area contributed by atoms with Crippen molar-refractivity contribution in [3.63, 3.8) is 0 Å². The van der Waals surface area contributed by atoms with Crippen molar-refractivity contribution in [1.82, 2.24) is 5.32 Å². The smallest absolute Gasteiger partial charge is 0.170 e. The van der Waals surface area contributed by atoms with Crippen LogP contribution in [0.5, 0.6) is 0 Å². The average Bonchev–Trinajstić information content (AvgIpc) is 2.45. The number of aliphatic hydroxyl groups is 1. The molecular formula is C14H22FN3O2. The van der Waals surface area contributed by atoms with Gasteiger partial charge in [-0.3, -0.25) is 0 Å². The van der Waals surface area contributed by atoms with Gasteiger partial charge in [0.25, 0.3) is 0 Å². The van der Waals surface area contributed by atoms with E-state index in [1.165, 1.54) is 12.1 Å². The zero-order valence-electron chi connectivity index (χ0n) is 11.5. The van der Waals surface area contributed by atoms with Crippen molar-refractivity contribution in [2.24, 2.45) is 10.9 Å². The van der Waals surface area contributed by atoms with Gasteiger partial charge in [0, 0.05) is 18.7 Å². The van der Waals surface area contributed by atoms with Crippen molar-refractivity contribution in [1.29, 1.82) is 0 Å². The van der Waals surface area contributed by atoms with E-state index in [0.29, 0.717) is 12.1 Å². The first-order valence-electron chi connectivity index (χ1n) is 6.76. The number of rotatable bonds is 9. The highest BCUT2D eigenvalue weighted by Gasteiger charge is 2.04. The Hall–Kier alpha value is -1.66. The summed E-state index contributed by atoms with van der Waals surface area (Å²) in [5.74, 6) is -0.511. The van der Waals surface area contributed by atoms with Gasteiger partial charge in [-0.15, -0.1) is 0 Å². The third kappa shape index (κ3) is 5.99. The molecule has 0 spiro atoms. The second kappa shape index (κ2) is 9.28. The minimum absolute atomic E-state index is 0.102. The Balaban J connectivity index is 2.38. The first-order valence-corrected chi connectivity index (χ1v) is 6.76. The summed E-state index contributed by atoms with van der Waals surface area (Å²) < 4.78 is 13.4. The van der Waals surface area contributed by atoms with Crippen molar-refractivity contribution < 1.29 is 14.7 Å². The van der Waals surface area contributed by atoms with Crippen LogP contribution in [0.4, 0.5) is 4.39 Å². The van der Waals surface area contributed by atoms with Gasteiger partial charge in [-0.1, -0.05) is 18.0 Å². The summed E-state index contributed by atoms with van der Waals surface area (Å²) >= 11 is 0. The van der Waals surface area contributed by atoms with E-state index >= 15 is 0 Å². The molecule has 0 radical (unpaired) electrons. The third-order valence-corrected chi connectivity index (χ3v) is 2.95. The van der Waals surface area contributed by atoms with Crippen LogP contribution >= 0.6 is 0 Å². The Bertz CT molecular complexity index is 438. The molecule has 0 fully saturated rings. The monoisotopic (exact) mass is 283 g/mol. The fourth-order valence-electron chi connectivity index (χ4n) is 1.91. The number of halogens is 1. The molecule has 0 aliphatic carbocycles. The molecule has 0 bridgehead atoms. The summed E-state index contributed by atoms with van der Waals surface area (Å²) in [4.78, 5) is 0. The Morgan fingerprint density at radius 2 is 1.95 bits per heavy atom. The van der Waals surface area contributed by atoms with Crippen LogP contribution in [-0.4, -0.2) is 29.3 Å². The van der Waals surface area contributed by atoms with Gasteiger partial charge in [0.2, 0.25) is 0 Å². The van der Waals surface area contributed by atoms with E-state index in [2.05, 4.69) is 10.5 Å². The van der Waals surface area contributed by atoms with E-state index in [1.807, 2.05) is 0 Å². The van der Waals surface area contributed by atoms with Gasteiger partial charge >= 0.3 is 0 Å². The number of aliphatic hydroxyl groups excluding tert-OH is 1. The SMILES string of the molecule is N/C(=N/O)c1cc(F)cc(CNCCCCCCO)c1. The molecule has 0 amide bonds. The van der Waals surface area contributed by atoms with E-state index in [4.69, 9.17) is 16.0 Å². The van der Waals surface area contributed by atoms with Crippen LogP contribution in [0.3, 0.4) is 0 Å². The number of unbranched alkanes of at least 4 members (excludes halogenated alkanes) is 3. The Morgan fingerprint density at radius 3 is 2.65 bits per heavy atom. The molecule has 0 aliphatic rings. The number of hydrogen-bond donors (Lipinski definition) is 4. The lowest BCUT2D eigenvalue weighted by molar-refractivity contribution is 0.282. The molecule has 1 aromatic rings. The van der Waals surface area contributed by atoms with Crippen LogP contribution in [0.2, 0.25) is 0 Å². The largest absolute Gasteiger partial charge is 0.409 e. The van der Waals surface area contributed by atoms with Crippen molar-refractivity contribution in [2.45, 2.75) is 32.2 Å². The fourth-order valence-corrected chi connectivity index (χ4v) is 1.91. The van der Waals surface area contributed by atoms with Crippen LogP contribution in [0.1, 0.15) is 36.8 Å². The number of oxime groups is 1. The predicted octanol–water partition coefficient (Wildman–Crippen LogP) is 1.56. The van der Waals surface area contributed by atoms with Crippen LogP contribution in [0.25, 0.3) is 0 Å². The van der Waals surface area contributed by atoms with Crippen LogP contribution in [0.15, 0.2) is 23.4 Å². The maximum atomic E-state index is 13.4. The lowest BCUT2D eigenvalue weighted by Gasteiger charge is -2.07. The first-order chi connectivity index (χ1) is 9.67. The predicted molar refractivity (Wildman–Crippen MR) is 76.2 cm³/mol. The van der Waals surface area contributed by atoms with Gasteiger partial charge in [0.1, 0.15) is 5.82 Å². The number of benzene rings is 1. The normalized spacial score (nSPS) is 11.8. The molecule has 6 heteroatoms. The van der Waals surface area contributed by atoms with Crippen LogP contribution in [-0.2, 0) is 6.54 Å². The van der Waals surface area contributed by atoms with Gasteiger partial charge in [-0.25, -0.2) is 4.39 Å². The number of nitrogens with zero attached hydrogens (tertiary/aromatic N) is 1. The first kappa shape index (κ1) is 16.4. The molecule has 0 heterocycles. The second-order valence-electron chi connectivity index (χ2n) is 4.65. The lowest BCUT2D eigenvalue weighted by atomic mass is 10.1. The lowest BCUT2D eigenvalue weighted by Crippen LogP contribution is -2.17.